The van der Waals surface area contributed by atoms with Crippen molar-refractivity contribution in [2.45, 2.75) is 178 Å². The van der Waals surface area contributed by atoms with Crippen molar-refractivity contribution < 1.29 is 52.6 Å². The summed E-state index contributed by atoms with van der Waals surface area (Å²) < 4.78 is 10.1. The summed E-state index contributed by atoms with van der Waals surface area (Å²) >= 11 is 0. The van der Waals surface area contributed by atoms with Gasteiger partial charge in [-0.2, -0.15) is 0 Å². The molecule has 19 heteroatoms. The van der Waals surface area contributed by atoms with Crippen LogP contribution < -0.4 is 42.5 Å². The number of rotatable bonds is 24. The molecule has 0 aromatic heterocycles. The van der Waals surface area contributed by atoms with Gasteiger partial charge in [-0.15, -0.1) is 0 Å². The van der Waals surface area contributed by atoms with E-state index in [1.54, 1.807) is 76.2 Å². The van der Waals surface area contributed by atoms with Gasteiger partial charge in [-0.1, -0.05) is 83.1 Å². The zero-order valence-corrected chi connectivity index (χ0v) is 41.0. The Morgan fingerprint density at radius 2 is 0.841 bits per heavy atom. The van der Waals surface area contributed by atoms with Gasteiger partial charge < -0.3 is 52.0 Å². The van der Waals surface area contributed by atoms with Crippen molar-refractivity contribution in [2.24, 2.45) is 35.5 Å². The summed E-state index contributed by atoms with van der Waals surface area (Å²) in [7, 11) is 1.21. The highest BCUT2D eigenvalue weighted by Gasteiger charge is 2.38. The van der Waals surface area contributed by atoms with Crippen LogP contribution in [-0.2, 0) is 47.8 Å². The molecule has 0 bridgehead atoms. The number of nitrogens with one attached hydrogen (secondary N) is 8. The van der Waals surface area contributed by atoms with Crippen molar-refractivity contribution >= 4 is 53.4 Å². The van der Waals surface area contributed by atoms with Gasteiger partial charge in [0.2, 0.25) is 41.4 Å². The van der Waals surface area contributed by atoms with Crippen LogP contribution in [0.1, 0.15) is 131 Å². The maximum absolute atomic E-state index is 13.7. The van der Waals surface area contributed by atoms with Gasteiger partial charge in [0, 0.05) is 0 Å². The molecule has 0 spiro atoms. The van der Waals surface area contributed by atoms with Crippen LogP contribution in [-0.4, -0.2) is 114 Å². The normalized spacial score (nSPS) is 14.8. The molecule has 0 aliphatic carbocycles. The number of ether oxygens (including phenoxy) is 2. The lowest BCUT2D eigenvalue weighted by atomic mass is 9.97. The molecule has 0 fully saturated rings. The fraction of sp³-hybridized carbons (Fsp3) is 0.795. The molecule has 0 radical (unpaired) electrons. The summed E-state index contributed by atoms with van der Waals surface area (Å²) in [6.45, 7) is 28.5. The summed E-state index contributed by atoms with van der Waals surface area (Å²) in [6.07, 6.45) is -0.324. The molecule has 0 aliphatic heterocycles. The van der Waals surface area contributed by atoms with Gasteiger partial charge in [0.25, 0.3) is 0 Å². The third-order valence-corrected chi connectivity index (χ3v) is 9.65. The van der Waals surface area contributed by atoms with Gasteiger partial charge in [-0.25, -0.2) is 9.59 Å². The van der Waals surface area contributed by atoms with Gasteiger partial charge in [-0.3, -0.25) is 33.6 Å². The fourth-order valence-corrected chi connectivity index (χ4v) is 6.15. The standard InChI is InChI=1S/C44H80N8O11/c1-22(2)19-28(35(54)48-32(25(7)8)38(57)51-34(27(11)12)40(59)62-18)46-30(53)21-45-41(60)44(16,17)52-39(58)33(26(9)10)50-37(56)31(24(5)6)49-36(55)29(20-23(3)4)47-42(61)63-43(13,14)15/h22-29,31-34H,19-21H2,1-18H3,(H,45,60)(H,46,53)(H,47,61)(H,48,54)(H,49,55)(H,50,56)(H,51,57)(H,52,58)/t28-,29-,31-,32-,33-,34-/m0/s1. The predicted molar refractivity (Wildman–Crippen MR) is 238 cm³/mol. The minimum absolute atomic E-state index is 0.00308. The van der Waals surface area contributed by atoms with E-state index in [1.165, 1.54) is 21.0 Å². The van der Waals surface area contributed by atoms with E-state index in [0.717, 1.165) is 0 Å². The second-order valence-electron chi connectivity index (χ2n) is 19.8. The van der Waals surface area contributed by atoms with Crippen LogP contribution in [0.4, 0.5) is 4.79 Å². The summed E-state index contributed by atoms with van der Waals surface area (Å²) in [5.41, 5.74) is -2.39. The molecule has 8 N–H and O–H groups in total. The number of alkyl carbamates (subject to hydrolysis) is 1. The molecule has 362 valence electrons. The minimum atomic E-state index is -1.59. The van der Waals surface area contributed by atoms with Crippen LogP contribution in [0.25, 0.3) is 0 Å². The number of methoxy groups -OCH3 is 1. The van der Waals surface area contributed by atoms with E-state index in [1.807, 2.05) is 27.7 Å². The maximum atomic E-state index is 13.7. The van der Waals surface area contributed by atoms with Gasteiger partial charge in [0.15, 0.2) is 0 Å². The first-order valence-corrected chi connectivity index (χ1v) is 21.9. The lowest BCUT2D eigenvalue weighted by Crippen LogP contribution is -2.63. The zero-order valence-electron chi connectivity index (χ0n) is 41.0. The van der Waals surface area contributed by atoms with Crippen LogP contribution in [0.5, 0.6) is 0 Å². The van der Waals surface area contributed by atoms with Crippen LogP contribution in [0, 0.1) is 35.5 Å². The van der Waals surface area contributed by atoms with Crippen molar-refractivity contribution in [1.29, 1.82) is 0 Å². The van der Waals surface area contributed by atoms with Gasteiger partial charge in [0.05, 0.1) is 13.7 Å². The Balaban J connectivity index is 5.86. The van der Waals surface area contributed by atoms with Crippen molar-refractivity contribution in [3.8, 4) is 0 Å². The van der Waals surface area contributed by atoms with E-state index in [2.05, 4.69) is 42.5 Å². The summed E-state index contributed by atoms with van der Waals surface area (Å²) in [4.78, 5) is 119. The molecule has 0 heterocycles. The van der Waals surface area contributed by atoms with Crippen molar-refractivity contribution in [3.05, 3.63) is 0 Å². The number of carbonyl (C=O) groups is 9. The summed E-state index contributed by atoms with van der Waals surface area (Å²) in [6, 6.07) is -6.34. The lowest BCUT2D eigenvalue weighted by Gasteiger charge is -2.31. The highest BCUT2D eigenvalue weighted by atomic mass is 16.6. The molecule has 0 aromatic rings. The average Bonchev–Trinajstić information content (AvgIpc) is 3.12. The SMILES string of the molecule is COC(=O)[C@@H](NC(=O)[C@@H](NC(=O)[C@H](CC(C)C)NC(=O)CNC(=O)C(C)(C)NC(=O)[C@@H](NC(=O)[C@@H](NC(=O)[C@H](CC(C)C)NC(=O)OC(C)(C)C)C(C)C)C(C)C)C(C)C)C(C)C. The number of amides is 8. The van der Waals surface area contributed by atoms with Crippen LogP contribution in [0.15, 0.2) is 0 Å². The molecule has 0 aliphatic rings. The van der Waals surface area contributed by atoms with Crippen LogP contribution >= 0.6 is 0 Å². The number of hydrogen-bond acceptors (Lipinski definition) is 11. The first-order valence-electron chi connectivity index (χ1n) is 21.9. The van der Waals surface area contributed by atoms with Gasteiger partial charge in [-0.05, 0) is 83.0 Å². The quantitative estimate of drug-likeness (QED) is 0.0651. The molecular weight excluding hydrogens is 817 g/mol. The maximum Gasteiger partial charge on any atom is 0.408 e. The Kier molecular flexibility index (Phi) is 23.9. The minimum Gasteiger partial charge on any atom is -0.467 e. The first kappa shape index (κ1) is 58.0. The highest BCUT2D eigenvalue weighted by Crippen LogP contribution is 2.14. The Morgan fingerprint density at radius 1 is 0.476 bits per heavy atom. The van der Waals surface area contributed by atoms with Crippen molar-refractivity contribution in [2.75, 3.05) is 13.7 Å². The van der Waals surface area contributed by atoms with E-state index < -0.39 is 125 Å². The molecule has 19 nitrogen and oxygen atoms in total. The van der Waals surface area contributed by atoms with Crippen molar-refractivity contribution in [3.63, 3.8) is 0 Å². The fourth-order valence-electron chi connectivity index (χ4n) is 6.15. The number of hydrogen-bond donors (Lipinski definition) is 8. The topological polar surface area (TPSA) is 268 Å². The molecular formula is C44H80N8O11. The molecule has 0 aromatic carbocycles. The smallest absolute Gasteiger partial charge is 0.408 e. The average molecular weight is 897 g/mol. The lowest BCUT2D eigenvalue weighted by molar-refractivity contribution is -0.147. The molecule has 6 atom stereocenters. The monoisotopic (exact) mass is 897 g/mol. The largest absolute Gasteiger partial charge is 0.467 e. The molecule has 63 heavy (non-hydrogen) atoms. The second kappa shape index (κ2) is 26.0. The summed E-state index contributed by atoms with van der Waals surface area (Å²) in [5.74, 6) is -6.95. The second-order valence-corrected chi connectivity index (χ2v) is 19.8. The molecule has 0 rings (SSSR count). The predicted octanol–water partition coefficient (Wildman–Crippen LogP) is 2.20. The zero-order chi connectivity index (χ0) is 49.3. The molecule has 0 unspecified atom stereocenters. The Bertz CT molecular complexity index is 1590. The molecule has 8 amide bonds. The van der Waals surface area contributed by atoms with E-state index in [0.29, 0.717) is 0 Å². The van der Waals surface area contributed by atoms with Gasteiger partial charge >= 0.3 is 12.1 Å². The third-order valence-electron chi connectivity index (χ3n) is 9.65. The highest BCUT2D eigenvalue weighted by molar-refractivity contribution is 5.98. The molecule has 0 saturated carbocycles. The van der Waals surface area contributed by atoms with Crippen LogP contribution in [0.2, 0.25) is 0 Å². The summed E-state index contributed by atoms with van der Waals surface area (Å²) in [5, 5.41) is 21.1. The first-order chi connectivity index (χ1) is 28.7. The van der Waals surface area contributed by atoms with E-state index in [-0.39, 0.29) is 30.6 Å². The van der Waals surface area contributed by atoms with E-state index in [4.69, 9.17) is 9.47 Å². The number of esters is 1. The molecule has 0 saturated heterocycles. The Morgan fingerprint density at radius 3 is 1.21 bits per heavy atom. The van der Waals surface area contributed by atoms with Crippen LogP contribution in [0.3, 0.4) is 0 Å². The van der Waals surface area contributed by atoms with Crippen molar-refractivity contribution in [1.82, 2.24) is 42.5 Å². The van der Waals surface area contributed by atoms with E-state index in [9.17, 15) is 43.2 Å². The Hall–Kier alpha value is -4.97. The third kappa shape index (κ3) is 21.3. The van der Waals surface area contributed by atoms with E-state index >= 15 is 0 Å². The Labute approximate surface area is 375 Å². The van der Waals surface area contributed by atoms with Gasteiger partial charge in [0.1, 0.15) is 47.4 Å². The number of carbonyl (C=O) groups excluding carboxylic acids is 9.